The third-order valence-corrected chi connectivity index (χ3v) is 3.35. The monoisotopic (exact) mass is 272 g/mol. The first-order valence-corrected chi connectivity index (χ1v) is 6.00. The molecule has 0 spiro atoms. The maximum Gasteiger partial charge on any atom is 0.391 e. The fourth-order valence-corrected chi connectivity index (χ4v) is 2.20. The highest BCUT2D eigenvalue weighted by atomic mass is 19.4. The van der Waals surface area contributed by atoms with Crippen LogP contribution in [0.3, 0.4) is 0 Å². The van der Waals surface area contributed by atoms with Crippen LogP contribution in [0.4, 0.5) is 18.9 Å². The smallest absolute Gasteiger partial charge is 0.382 e. The van der Waals surface area contributed by atoms with Crippen molar-refractivity contribution in [3.63, 3.8) is 0 Å². The van der Waals surface area contributed by atoms with E-state index in [0.717, 1.165) is 5.69 Å². The average molecular weight is 272 g/mol. The van der Waals surface area contributed by atoms with Gasteiger partial charge in [-0.3, -0.25) is 10.4 Å². The third kappa shape index (κ3) is 3.15. The molecule has 1 aliphatic heterocycles. The predicted molar refractivity (Wildman–Crippen MR) is 66.2 cm³/mol. The van der Waals surface area contributed by atoms with Crippen molar-refractivity contribution in [1.82, 2.24) is 4.98 Å². The number of hydrogen-bond acceptors (Lipinski definition) is 3. The zero-order valence-electron chi connectivity index (χ0n) is 10.2. The first-order chi connectivity index (χ1) is 8.88. The van der Waals surface area contributed by atoms with E-state index in [4.69, 9.17) is 11.1 Å². The van der Waals surface area contributed by atoms with Crippen molar-refractivity contribution < 1.29 is 13.2 Å². The SMILES string of the molecule is N=C(N)c1ccc(N2CCC(C(F)(F)F)CC2)cn1. The Kier molecular flexibility index (Phi) is 3.64. The van der Waals surface area contributed by atoms with E-state index in [1.54, 1.807) is 18.3 Å². The summed E-state index contributed by atoms with van der Waals surface area (Å²) in [5.41, 5.74) is 6.43. The summed E-state index contributed by atoms with van der Waals surface area (Å²) in [6, 6.07) is 3.34. The molecule has 0 saturated carbocycles. The molecule has 0 aromatic carbocycles. The van der Waals surface area contributed by atoms with Crippen LogP contribution in [0.15, 0.2) is 18.3 Å². The summed E-state index contributed by atoms with van der Waals surface area (Å²) in [5.74, 6) is -1.32. The van der Waals surface area contributed by atoms with Gasteiger partial charge in [0, 0.05) is 13.1 Å². The van der Waals surface area contributed by atoms with E-state index in [0.29, 0.717) is 18.8 Å². The van der Waals surface area contributed by atoms with Crippen molar-refractivity contribution in [2.24, 2.45) is 11.7 Å². The lowest BCUT2D eigenvalue weighted by atomic mass is 9.96. The molecule has 104 valence electrons. The maximum atomic E-state index is 12.5. The molecular formula is C12H15F3N4. The normalized spacial score (nSPS) is 17.5. The summed E-state index contributed by atoms with van der Waals surface area (Å²) in [5, 5.41) is 7.22. The Bertz CT molecular complexity index is 447. The summed E-state index contributed by atoms with van der Waals surface area (Å²) >= 11 is 0. The summed E-state index contributed by atoms with van der Waals surface area (Å²) in [4.78, 5) is 5.88. The zero-order chi connectivity index (χ0) is 14.0. The molecule has 3 N–H and O–H groups in total. The number of halogens is 3. The van der Waals surface area contributed by atoms with Gasteiger partial charge in [0.15, 0.2) is 0 Å². The van der Waals surface area contributed by atoms with Crippen molar-refractivity contribution in [2.75, 3.05) is 18.0 Å². The van der Waals surface area contributed by atoms with E-state index >= 15 is 0 Å². The maximum absolute atomic E-state index is 12.5. The molecule has 1 aromatic rings. The number of anilines is 1. The number of nitrogen functional groups attached to an aromatic ring is 1. The van der Waals surface area contributed by atoms with Crippen LogP contribution in [0.2, 0.25) is 0 Å². The van der Waals surface area contributed by atoms with Gasteiger partial charge in [0.2, 0.25) is 0 Å². The molecule has 4 nitrogen and oxygen atoms in total. The lowest BCUT2D eigenvalue weighted by Crippen LogP contribution is -2.39. The molecule has 2 rings (SSSR count). The summed E-state index contributed by atoms with van der Waals surface area (Å²) < 4.78 is 37.6. The van der Waals surface area contributed by atoms with Gasteiger partial charge in [-0.15, -0.1) is 0 Å². The van der Waals surface area contributed by atoms with Crippen molar-refractivity contribution in [1.29, 1.82) is 5.41 Å². The van der Waals surface area contributed by atoms with Gasteiger partial charge >= 0.3 is 6.18 Å². The molecule has 2 heterocycles. The number of nitrogens with one attached hydrogen (secondary N) is 1. The van der Waals surface area contributed by atoms with Crippen LogP contribution >= 0.6 is 0 Å². The number of nitrogens with zero attached hydrogens (tertiary/aromatic N) is 2. The Morgan fingerprint density at radius 3 is 2.37 bits per heavy atom. The highest BCUT2D eigenvalue weighted by Crippen LogP contribution is 2.35. The fraction of sp³-hybridized carbons (Fsp3) is 0.500. The first-order valence-electron chi connectivity index (χ1n) is 6.00. The van der Waals surface area contributed by atoms with Crippen LogP contribution in [0.1, 0.15) is 18.5 Å². The van der Waals surface area contributed by atoms with Gasteiger partial charge in [-0.2, -0.15) is 13.2 Å². The Morgan fingerprint density at radius 1 is 1.32 bits per heavy atom. The second kappa shape index (κ2) is 5.07. The minimum Gasteiger partial charge on any atom is -0.382 e. The number of hydrogen-bond donors (Lipinski definition) is 2. The second-order valence-electron chi connectivity index (χ2n) is 4.62. The number of pyridine rings is 1. The highest BCUT2D eigenvalue weighted by molar-refractivity contribution is 5.93. The Labute approximate surface area is 108 Å². The fourth-order valence-electron chi connectivity index (χ4n) is 2.20. The molecule has 1 aromatic heterocycles. The minimum absolute atomic E-state index is 0.109. The van der Waals surface area contributed by atoms with Gasteiger partial charge in [0.05, 0.1) is 17.8 Å². The largest absolute Gasteiger partial charge is 0.391 e. The Balaban J connectivity index is 2.00. The quantitative estimate of drug-likeness (QED) is 0.640. The average Bonchev–Trinajstić information content (AvgIpc) is 2.38. The molecule has 0 amide bonds. The third-order valence-electron chi connectivity index (χ3n) is 3.35. The highest BCUT2D eigenvalue weighted by Gasteiger charge is 2.41. The summed E-state index contributed by atoms with van der Waals surface area (Å²) in [7, 11) is 0. The van der Waals surface area contributed by atoms with Gasteiger partial charge < -0.3 is 10.6 Å². The molecule has 1 fully saturated rings. The van der Waals surface area contributed by atoms with Crippen molar-refractivity contribution >= 4 is 11.5 Å². The van der Waals surface area contributed by atoms with Crippen LogP contribution in [0.25, 0.3) is 0 Å². The number of nitrogens with two attached hydrogens (primary N) is 1. The molecule has 1 aliphatic rings. The predicted octanol–water partition coefficient (Wildman–Crippen LogP) is 2.14. The first kappa shape index (κ1) is 13.6. The van der Waals surface area contributed by atoms with Gasteiger partial charge in [-0.1, -0.05) is 0 Å². The van der Waals surface area contributed by atoms with Gasteiger partial charge in [0.25, 0.3) is 0 Å². The summed E-state index contributed by atoms with van der Waals surface area (Å²) in [6.07, 6.45) is -2.33. The molecule has 0 aliphatic carbocycles. The van der Waals surface area contributed by atoms with E-state index in [1.807, 2.05) is 4.90 Å². The number of amidine groups is 1. The van der Waals surface area contributed by atoms with Crippen molar-refractivity contribution in [3.8, 4) is 0 Å². The Hall–Kier alpha value is -1.79. The van der Waals surface area contributed by atoms with Gasteiger partial charge in [0.1, 0.15) is 11.5 Å². The molecule has 7 heteroatoms. The van der Waals surface area contributed by atoms with Gasteiger partial charge in [-0.25, -0.2) is 0 Å². The topological polar surface area (TPSA) is 66.0 Å². The van der Waals surface area contributed by atoms with Crippen LogP contribution in [-0.2, 0) is 0 Å². The van der Waals surface area contributed by atoms with E-state index in [-0.39, 0.29) is 18.7 Å². The Morgan fingerprint density at radius 2 is 1.95 bits per heavy atom. The molecule has 1 saturated heterocycles. The second-order valence-corrected chi connectivity index (χ2v) is 4.62. The van der Waals surface area contributed by atoms with Crippen molar-refractivity contribution in [2.45, 2.75) is 19.0 Å². The number of alkyl halides is 3. The van der Waals surface area contributed by atoms with Crippen molar-refractivity contribution in [3.05, 3.63) is 24.0 Å². The molecule has 19 heavy (non-hydrogen) atoms. The van der Waals surface area contributed by atoms with Crippen LogP contribution in [0.5, 0.6) is 0 Å². The molecule has 0 unspecified atom stereocenters. The van der Waals surface area contributed by atoms with Gasteiger partial charge in [-0.05, 0) is 25.0 Å². The van der Waals surface area contributed by atoms with E-state index in [9.17, 15) is 13.2 Å². The lowest BCUT2D eigenvalue weighted by Gasteiger charge is -2.34. The van der Waals surface area contributed by atoms with E-state index < -0.39 is 12.1 Å². The lowest BCUT2D eigenvalue weighted by molar-refractivity contribution is -0.179. The van der Waals surface area contributed by atoms with Crippen LogP contribution in [-0.4, -0.2) is 30.1 Å². The molecular weight excluding hydrogens is 257 g/mol. The van der Waals surface area contributed by atoms with E-state index in [2.05, 4.69) is 4.98 Å². The number of piperidine rings is 1. The number of aromatic nitrogens is 1. The minimum atomic E-state index is -4.09. The standard InChI is InChI=1S/C12H15F3N4/c13-12(14,15)8-3-5-19(6-4-8)9-1-2-10(11(16)17)18-7-9/h1-2,7-8H,3-6H2,(H3,16,17). The molecule has 0 radical (unpaired) electrons. The van der Waals surface area contributed by atoms with E-state index in [1.165, 1.54) is 0 Å². The van der Waals surface area contributed by atoms with Crippen LogP contribution in [0, 0.1) is 11.3 Å². The van der Waals surface area contributed by atoms with Crippen LogP contribution < -0.4 is 10.6 Å². The summed E-state index contributed by atoms with van der Waals surface area (Å²) in [6.45, 7) is 0.733. The molecule has 0 bridgehead atoms. The zero-order valence-corrected chi connectivity index (χ0v) is 10.2. The molecule has 0 atom stereocenters. The number of rotatable bonds is 2.